The molecule has 1 amide bonds. The van der Waals surface area contributed by atoms with E-state index in [1.807, 2.05) is 6.07 Å². The molecule has 1 aromatic heterocycles. The Morgan fingerprint density at radius 3 is 2.41 bits per heavy atom. The fourth-order valence-electron chi connectivity index (χ4n) is 3.31. The van der Waals surface area contributed by atoms with Crippen LogP contribution in [-0.2, 0) is 24.4 Å². The maximum atomic E-state index is 13.8. The molecule has 0 aliphatic rings. The van der Waals surface area contributed by atoms with Crippen molar-refractivity contribution in [1.82, 2.24) is 15.2 Å². The van der Waals surface area contributed by atoms with Gasteiger partial charge in [-0.25, -0.2) is 8.78 Å². The molecule has 34 heavy (non-hydrogen) atoms. The van der Waals surface area contributed by atoms with Crippen molar-refractivity contribution in [2.45, 2.75) is 26.1 Å². The Hall–Kier alpha value is -3.07. The summed E-state index contributed by atoms with van der Waals surface area (Å²) in [5, 5.41) is 12.3. The number of amides is 1. The number of rotatable bonds is 10. The molecule has 0 bridgehead atoms. The number of nitrogens with one attached hydrogen (secondary N) is 1. The highest BCUT2D eigenvalue weighted by atomic mass is 35.5. The van der Waals surface area contributed by atoms with Crippen LogP contribution in [0.4, 0.5) is 8.78 Å². The highest BCUT2D eigenvalue weighted by Crippen LogP contribution is 2.27. The number of halogens is 4. The second-order valence-electron chi connectivity index (χ2n) is 7.55. The van der Waals surface area contributed by atoms with Crippen molar-refractivity contribution in [2.75, 3.05) is 6.54 Å². The number of carbonyl (C=O) groups is 2. The van der Waals surface area contributed by atoms with Crippen LogP contribution < -0.4 is 5.32 Å². The third kappa shape index (κ3) is 7.21. The lowest BCUT2D eigenvalue weighted by molar-refractivity contribution is -0.136. The number of carboxylic acid groups (broad SMARTS) is 1. The van der Waals surface area contributed by atoms with Gasteiger partial charge in [-0.1, -0.05) is 35.3 Å². The third-order valence-electron chi connectivity index (χ3n) is 4.86. The molecule has 0 radical (unpaired) electrons. The minimum atomic E-state index is -0.901. The van der Waals surface area contributed by atoms with Crippen molar-refractivity contribution >= 4 is 35.1 Å². The summed E-state index contributed by atoms with van der Waals surface area (Å²) in [4.78, 5) is 29.5. The van der Waals surface area contributed by atoms with Crippen LogP contribution in [0.5, 0.6) is 0 Å². The summed E-state index contributed by atoms with van der Waals surface area (Å²) in [6, 6.07) is 9.47. The quantitative estimate of drug-likeness (QED) is 0.374. The van der Waals surface area contributed by atoms with Gasteiger partial charge in [0.05, 0.1) is 16.5 Å². The van der Waals surface area contributed by atoms with Crippen molar-refractivity contribution in [3.63, 3.8) is 0 Å². The molecule has 2 N–H and O–H groups in total. The van der Waals surface area contributed by atoms with Crippen LogP contribution in [0, 0.1) is 11.6 Å². The van der Waals surface area contributed by atoms with Gasteiger partial charge in [-0.05, 0) is 41.0 Å². The molecule has 0 fully saturated rings. The van der Waals surface area contributed by atoms with Crippen LogP contribution in [0.25, 0.3) is 0 Å². The predicted octanol–water partition coefficient (Wildman–Crippen LogP) is 5.07. The van der Waals surface area contributed by atoms with Crippen molar-refractivity contribution in [3.8, 4) is 0 Å². The first-order chi connectivity index (χ1) is 16.2. The number of carboxylic acids is 1. The number of aromatic nitrogens is 1. The van der Waals surface area contributed by atoms with Crippen LogP contribution in [0.15, 0.2) is 54.9 Å². The lowest BCUT2D eigenvalue weighted by atomic mass is 10.1. The topological polar surface area (TPSA) is 82.5 Å². The minimum Gasteiger partial charge on any atom is -0.481 e. The lowest BCUT2D eigenvalue weighted by Crippen LogP contribution is -2.30. The largest absolute Gasteiger partial charge is 0.481 e. The van der Waals surface area contributed by atoms with Gasteiger partial charge in [-0.3, -0.25) is 14.6 Å². The van der Waals surface area contributed by atoms with E-state index in [1.165, 1.54) is 4.90 Å². The first kappa shape index (κ1) is 25.6. The van der Waals surface area contributed by atoms with E-state index in [-0.39, 0.29) is 30.1 Å². The van der Waals surface area contributed by atoms with E-state index in [1.54, 1.807) is 30.6 Å². The maximum Gasteiger partial charge on any atom is 0.304 e. The molecule has 10 heteroatoms. The van der Waals surface area contributed by atoms with E-state index in [9.17, 15) is 18.4 Å². The summed E-state index contributed by atoms with van der Waals surface area (Å²) in [6.07, 6.45) is 3.19. The number of aliphatic carboxylic acids is 1. The van der Waals surface area contributed by atoms with E-state index in [4.69, 9.17) is 28.3 Å². The highest BCUT2D eigenvalue weighted by molar-refractivity contribution is 6.42. The van der Waals surface area contributed by atoms with Crippen LogP contribution in [0.3, 0.4) is 0 Å². The Labute approximate surface area is 205 Å². The molecule has 0 aliphatic heterocycles. The number of pyridine rings is 1. The van der Waals surface area contributed by atoms with Gasteiger partial charge in [0.15, 0.2) is 0 Å². The molecule has 2 aromatic carbocycles. The molecule has 178 valence electrons. The summed E-state index contributed by atoms with van der Waals surface area (Å²) >= 11 is 12.4. The third-order valence-corrected chi connectivity index (χ3v) is 5.72. The van der Waals surface area contributed by atoms with Gasteiger partial charge in [-0.2, -0.15) is 0 Å². The Balaban J connectivity index is 1.85. The summed E-state index contributed by atoms with van der Waals surface area (Å²) in [5.74, 6) is -3.22. The van der Waals surface area contributed by atoms with E-state index in [0.717, 1.165) is 17.7 Å². The molecule has 0 unspecified atom stereocenters. The van der Waals surface area contributed by atoms with Crippen LogP contribution in [-0.4, -0.2) is 33.4 Å². The van der Waals surface area contributed by atoms with Crippen LogP contribution >= 0.6 is 23.2 Å². The standard InChI is InChI=1S/C24H21Cl2F2N3O3/c25-21-3-1-2-17(23(21)26)14-31(24(34)18-7-19(27)9-20(28)8-18)13-16-6-15(11-30-12-16)10-29-5-4-22(32)33/h1-3,6-9,11-12,29H,4-5,10,13-14H2,(H,32,33). The molecule has 0 saturated heterocycles. The van der Waals surface area contributed by atoms with E-state index in [2.05, 4.69) is 10.3 Å². The Morgan fingerprint density at radius 2 is 1.71 bits per heavy atom. The number of nitrogens with zero attached hydrogens (tertiary/aromatic N) is 2. The number of hydrogen-bond donors (Lipinski definition) is 2. The zero-order valence-electron chi connectivity index (χ0n) is 17.9. The number of hydrogen-bond acceptors (Lipinski definition) is 4. The van der Waals surface area contributed by atoms with Crippen molar-refractivity contribution in [1.29, 1.82) is 0 Å². The first-order valence-electron chi connectivity index (χ1n) is 10.3. The molecule has 1 heterocycles. The molecular formula is C24H21Cl2F2N3O3. The summed E-state index contributed by atoms with van der Waals surface area (Å²) in [5.41, 5.74) is 1.88. The van der Waals surface area contributed by atoms with Crippen molar-refractivity contribution < 1.29 is 23.5 Å². The van der Waals surface area contributed by atoms with Crippen molar-refractivity contribution in [2.24, 2.45) is 0 Å². The fourth-order valence-corrected chi connectivity index (χ4v) is 3.69. The monoisotopic (exact) mass is 507 g/mol. The number of benzene rings is 2. The normalized spacial score (nSPS) is 10.8. The smallest absolute Gasteiger partial charge is 0.304 e. The maximum absolute atomic E-state index is 13.8. The first-order valence-corrected chi connectivity index (χ1v) is 11.0. The van der Waals surface area contributed by atoms with Gasteiger partial charge in [-0.15, -0.1) is 0 Å². The Kier molecular flexibility index (Phi) is 8.92. The van der Waals surface area contributed by atoms with Gasteiger partial charge < -0.3 is 15.3 Å². The van der Waals surface area contributed by atoms with Gasteiger partial charge in [0.1, 0.15) is 11.6 Å². The van der Waals surface area contributed by atoms with E-state index in [0.29, 0.717) is 35.3 Å². The molecule has 0 atom stereocenters. The van der Waals surface area contributed by atoms with Gasteiger partial charge in [0.25, 0.3) is 5.91 Å². The Morgan fingerprint density at radius 1 is 1.00 bits per heavy atom. The second kappa shape index (κ2) is 11.9. The average Bonchev–Trinajstić information content (AvgIpc) is 2.78. The lowest BCUT2D eigenvalue weighted by Gasteiger charge is -2.24. The summed E-state index contributed by atoms with van der Waals surface area (Å²) in [6.45, 7) is 0.799. The van der Waals surface area contributed by atoms with Gasteiger partial charge in [0.2, 0.25) is 0 Å². The molecular weight excluding hydrogens is 487 g/mol. The molecule has 0 aliphatic carbocycles. The van der Waals surface area contributed by atoms with Gasteiger partial charge >= 0.3 is 5.97 Å². The minimum absolute atomic E-state index is 0.0139. The predicted molar refractivity (Wildman–Crippen MR) is 125 cm³/mol. The van der Waals surface area contributed by atoms with E-state index < -0.39 is 23.5 Å². The van der Waals surface area contributed by atoms with Gasteiger partial charge in [0, 0.05) is 50.2 Å². The van der Waals surface area contributed by atoms with Crippen LogP contribution in [0.2, 0.25) is 10.0 Å². The molecule has 0 spiro atoms. The highest BCUT2D eigenvalue weighted by Gasteiger charge is 2.20. The van der Waals surface area contributed by atoms with Crippen molar-refractivity contribution in [3.05, 3.63) is 98.8 Å². The summed E-state index contributed by atoms with van der Waals surface area (Å²) in [7, 11) is 0. The molecule has 3 rings (SSSR count). The Bertz CT molecular complexity index is 1170. The average molecular weight is 508 g/mol. The SMILES string of the molecule is O=C(O)CCNCc1cncc(CN(Cc2cccc(Cl)c2Cl)C(=O)c2cc(F)cc(F)c2)c1. The fraction of sp³-hybridized carbons (Fsp3) is 0.208. The molecule has 3 aromatic rings. The zero-order valence-corrected chi connectivity index (χ0v) is 19.4. The molecule has 6 nitrogen and oxygen atoms in total. The van der Waals surface area contributed by atoms with E-state index >= 15 is 0 Å². The summed E-state index contributed by atoms with van der Waals surface area (Å²) < 4.78 is 27.5. The molecule has 0 saturated carbocycles. The van der Waals surface area contributed by atoms with Crippen LogP contribution in [0.1, 0.15) is 33.5 Å². The number of carbonyl (C=O) groups excluding carboxylic acids is 1. The zero-order chi connectivity index (χ0) is 24.7. The second-order valence-corrected chi connectivity index (χ2v) is 8.34.